The van der Waals surface area contributed by atoms with Gasteiger partial charge in [0.15, 0.2) is 0 Å². The summed E-state index contributed by atoms with van der Waals surface area (Å²) in [6, 6.07) is -0.207. The Balaban J connectivity index is 1.36. The third-order valence-corrected chi connectivity index (χ3v) is 7.41. The molecule has 0 unspecified atom stereocenters. The largest absolute Gasteiger partial charge is 0.368 e. The molecule has 168 valence electrons. The van der Waals surface area contributed by atoms with Crippen molar-refractivity contribution in [2.75, 3.05) is 19.7 Å². The molecular formula is C23H32N4O4. The minimum atomic E-state index is -0.361. The lowest BCUT2D eigenvalue weighted by molar-refractivity contribution is -0.145. The van der Waals surface area contributed by atoms with Gasteiger partial charge in [-0.15, -0.1) is 0 Å². The number of carbonyl (C=O) groups excluding carboxylic acids is 2. The lowest BCUT2D eigenvalue weighted by atomic mass is 9.98. The van der Waals surface area contributed by atoms with Crippen molar-refractivity contribution in [2.45, 2.75) is 82.9 Å². The van der Waals surface area contributed by atoms with Gasteiger partial charge < -0.3 is 19.5 Å². The third kappa shape index (κ3) is 4.02. The van der Waals surface area contributed by atoms with Gasteiger partial charge >= 0.3 is 0 Å². The minimum Gasteiger partial charge on any atom is -0.368 e. The number of rotatable bonds is 3. The molecule has 8 nitrogen and oxygen atoms in total. The van der Waals surface area contributed by atoms with Crippen molar-refractivity contribution >= 4 is 11.8 Å². The fraction of sp³-hybridized carbons (Fsp3) is 0.739. The smallest absolute Gasteiger partial charge is 0.256 e. The maximum Gasteiger partial charge on any atom is 0.256 e. The molecule has 2 saturated heterocycles. The van der Waals surface area contributed by atoms with Crippen molar-refractivity contribution in [3.8, 4) is 0 Å². The standard InChI is InChI=1S/C23H32N4O4/c28-21-16-14-26(22(29)15-6-1-2-7-15)12-10-17(16)24-20(25-21)18-8-3-4-11-27(18)23(30)19-9-5-13-31-19/h15,18-19H,1-14H2,(H,24,25,28)/t18-,19+/m0/s1. The van der Waals surface area contributed by atoms with Gasteiger partial charge in [-0.3, -0.25) is 14.4 Å². The summed E-state index contributed by atoms with van der Waals surface area (Å²) in [5.41, 5.74) is 1.22. The first-order valence-electron chi connectivity index (χ1n) is 11.9. The molecule has 4 heterocycles. The van der Waals surface area contributed by atoms with Crippen LogP contribution in [-0.2, 0) is 27.3 Å². The summed E-state index contributed by atoms with van der Waals surface area (Å²) in [5.74, 6) is 0.918. The molecule has 5 rings (SSSR count). The van der Waals surface area contributed by atoms with Crippen molar-refractivity contribution < 1.29 is 14.3 Å². The minimum absolute atomic E-state index is 0.0240. The molecule has 0 radical (unpaired) electrons. The number of aromatic nitrogens is 2. The average Bonchev–Trinajstić information content (AvgIpc) is 3.52. The summed E-state index contributed by atoms with van der Waals surface area (Å²) >= 11 is 0. The van der Waals surface area contributed by atoms with E-state index in [1.54, 1.807) is 0 Å². The van der Waals surface area contributed by atoms with E-state index in [2.05, 4.69) is 4.98 Å². The Hall–Kier alpha value is -2.22. The molecule has 0 spiro atoms. The summed E-state index contributed by atoms with van der Waals surface area (Å²) in [5, 5.41) is 0. The fourth-order valence-corrected chi connectivity index (χ4v) is 5.66. The van der Waals surface area contributed by atoms with E-state index in [1.807, 2.05) is 9.80 Å². The lowest BCUT2D eigenvalue weighted by Gasteiger charge is -2.37. The van der Waals surface area contributed by atoms with Gasteiger partial charge in [0.05, 0.1) is 23.8 Å². The van der Waals surface area contributed by atoms with Gasteiger partial charge in [0, 0.05) is 32.0 Å². The van der Waals surface area contributed by atoms with Crippen LogP contribution >= 0.6 is 0 Å². The zero-order valence-electron chi connectivity index (χ0n) is 18.1. The van der Waals surface area contributed by atoms with E-state index in [1.165, 1.54) is 0 Å². The number of likely N-dealkylation sites (tertiary alicyclic amines) is 1. The molecule has 1 saturated carbocycles. The molecule has 0 aromatic carbocycles. The number of carbonyl (C=O) groups is 2. The molecule has 1 aromatic rings. The van der Waals surface area contributed by atoms with E-state index in [0.29, 0.717) is 44.0 Å². The number of hydrogen-bond acceptors (Lipinski definition) is 5. The first kappa shape index (κ1) is 20.7. The Morgan fingerprint density at radius 3 is 2.55 bits per heavy atom. The molecule has 31 heavy (non-hydrogen) atoms. The average molecular weight is 429 g/mol. The number of hydrogen-bond donors (Lipinski definition) is 1. The molecule has 8 heteroatoms. The number of aromatic amines is 1. The Kier molecular flexibility index (Phi) is 5.82. The zero-order valence-corrected chi connectivity index (χ0v) is 18.1. The molecule has 1 N–H and O–H groups in total. The van der Waals surface area contributed by atoms with Crippen LogP contribution in [0, 0.1) is 5.92 Å². The predicted octanol–water partition coefficient (Wildman–Crippen LogP) is 2.08. The lowest BCUT2D eigenvalue weighted by Crippen LogP contribution is -2.46. The molecule has 2 atom stereocenters. The van der Waals surface area contributed by atoms with E-state index in [4.69, 9.17) is 9.72 Å². The van der Waals surface area contributed by atoms with Crippen molar-refractivity contribution in [2.24, 2.45) is 5.92 Å². The summed E-state index contributed by atoms with van der Waals surface area (Å²) in [6.45, 7) is 2.27. The molecule has 1 aliphatic carbocycles. The van der Waals surface area contributed by atoms with Crippen LogP contribution in [0.15, 0.2) is 4.79 Å². The van der Waals surface area contributed by atoms with Crippen LogP contribution < -0.4 is 5.56 Å². The highest BCUT2D eigenvalue weighted by molar-refractivity contribution is 5.81. The van der Waals surface area contributed by atoms with Crippen LogP contribution in [0.2, 0.25) is 0 Å². The predicted molar refractivity (Wildman–Crippen MR) is 113 cm³/mol. The van der Waals surface area contributed by atoms with Crippen LogP contribution in [0.1, 0.15) is 80.9 Å². The number of H-pyrrole nitrogens is 1. The second kappa shape index (κ2) is 8.73. The Bertz CT molecular complexity index is 901. The quantitative estimate of drug-likeness (QED) is 0.795. The third-order valence-electron chi connectivity index (χ3n) is 7.41. The van der Waals surface area contributed by atoms with E-state index in [9.17, 15) is 14.4 Å². The van der Waals surface area contributed by atoms with Crippen LogP contribution in [0.25, 0.3) is 0 Å². The molecule has 4 aliphatic rings. The molecule has 2 amide bonds. The van der Waals surface area contributed by atoms with E-state index in [0.717, 1.165) is 63.5 Å². The number of piperidine rings is 1. The van der Waals surface area contributed by atoms with Gasteiger partial charge in [-0.1, -0.05) is 12.8 Å². The topological polar surface area (TPSA) is 95.6 Å². The number of amides is 2. The summed E-state index contributed by atoms with van der Waals surface area (Å²) < 4.78 is 5.62. The Morgan fingerprint density at radius 1 is 0.968 bits per heavy atom. The van der Waals surface area contributed by atoms with Gasteiger partial charge in [-0.05, 0) is 44.9 Å². The van der Waals surface area contributed by atoms with Gasteiger partial charge in [-0.2, -0.15) is 0 Å². The zero-order chi connectivity index (χ0) is 21.4. The summed E-state index contributed by atoms with van der Waals surface area (Å²) in [7, 11) is 0. The van der Waals surface area contributed by atoms with E-state index in [-0.39, 0.29) is 35.4 Å². The molecule has 3 aliphatic heterocycles. The van der Waals surface area contributed by atoms with Gasteiger partial charge in [-0.25, -0.2) is 4.98 Å². The van der Waals surface area contributed by atoms with Crippen molar-refractivity contribution in [3.05, 3.63) is 27.4 Å². The number of nitrogens with one attached hydrogen (secondary N) is 1. The van der Waals surface area contributed by atoms with Crippen LogP contribution in [0.4, 0.5) is 0 Å². The molecule has 1 aromatic heterocycles. The molecule has 0 bridgehead atoms. The number of nitrogens with zero attached hydrogens (tertiary/aromatic N) is 3. The van der Waals surface area contributed by atoms with Crippen molar-refractivity contribution in [1.82, 2.24) is 19.8 Å². The number of fused-ring (bicyclic) bond motifs is 1. The van der Waals surface area contributed by atoms with Gasteiger partial charge in [0.1, 0.15) is 11.9 Å². The number of ether oxygens (including phenoxy) is 1. The van der Waals surface area contributed by atoms with Crippen LogP contribution in [-0.4, -0.2) is 57.4 Å². The van der Waals surface area contributed by atoms with Crippen molar-refractivity contribution in [1.29, 1.82) is 0 Å². The Labute approximate surface area is 182 Å². The highest BCUT2D eigenvalue weighted by atomic mass is 16.5. The second-order valence-corrected chi connectivity index (χ2v) is 9.41. The molecule has 3 fully saturated rings. The maximum atomic E-state index is 13.0. The maximum absolute atomic E-state index is 13.0. The normalized spacial score (nSPS) is 26.8. The fourth-order valence-electron chi connectivity index (χ4n) is 5.66. The first-order chi connectivity index (χ1) is 15.1. The SMILES string of the molecule is O=C(C1CCCC1)N1CCc2nc([C@@H]3CCCCN3C(=O)[C@H]3CCCO3)[nH]c(=O)c2C1. The molecular weight excluding hydrogens is 396 g/mol. The second-order valence-electron chi connectivity index (χ2n) is 9.41. The summed E-state index contributed by atoms with van der Waals surface area (Å²) in [4.78, 5) is 50.3. The van der Waals surface area contributed by atoms with Gasteiger partial charge in [0.25, 0.3) is 11.5 Å². The first-order valence-corrected chi connectivity index (χ1v) is 11.9. The van der Waals surface area contributed by atoms with E-state index >= 15 is 0 Å². The van der Waals surface area contributed by atoms with Crippen molar-refractivity contribution in [3.63, 3.8) is 0 Å². The van der Waals surface area contributed by atoms with Gasteiger partial charge in [0.2, 0.25) is 5.91 Å². The Morgan fingerprint density at radius 2 is 1.77 bits per heavy atom. The highest BCUT2D eigenvalue weighted by Gasteiger charge is 2.37. The van der Waals surface area contributed by atoms with E-state index < -0.39 is 0 Å². The monoisotopic (exact) mass is 428 g/mol. The van der Waals surface area contributed by atoms with Crippen LogP contribution in [0.5, 0.6) is 0 Å². The highest BCUT2D eigenvalue weighted by Crippen LogP contribution is 2.32. The summed E-state index contributed by atoms with van der Waals surface area (Å²) in [6.07, 6.45) is 8.85. The van der Waals surface area contributed by atoms with Crippen LogP contribution in [0.3, 0.4) is 0 Å².